The number of esters is 1. The number of anilines is 1. The lowest BCUT2D eigenvalue weighted by molar-refractivity contribution is -0.123. The van der Waals surface area contributed by atoms with E-state index in [4.69, 9.17) is 9.47 Å². The van der Waals surface area contributed by atoms with Gasteiger partial charge < -0.3 is 14.8 Å². The van der Waals surface area contributed by atoms with Gasteiger partial charge in [-0.25, -0.2) is 18.0 Å². The lowest BCUT2D eigenvalue weighted by atomic mass is 10.2. The largest absolute Gasteiger partial charge is 0.493 e. The Hall–Kier alpha value is -3.03. The van der Waals surface area contributed by atoms with E-state index in [9.17, 15) is 22.8 Å². The average molecular weight is 395 g/mol. The molecule has 1 atom stereocenters. The zero-order valence-electron chi connectivity index (χ0n) is 15.6. The molecule has 2 rings (SSSR count). The van der Waals surface area contributed by atoms with Gasteiger partial charge in [0.25, 0.3) is 5.91 Å². The van der Waals surface area contributed by atoms with Crippen molar-refractivity contribution >= 4 is 17.6 Å². The molecule has 0 radical (unpaired) electrons. The molecule has 2 aromatic rings. The number of hydrogen-bond acceptors (Lipinski definition) is 4. The van der Waals surface area contributed by atoms with Gasteiger partial charge in [0.15, 0.2) is 23.6 Å². The van der Waals surface area contributed by atoms with Gasteiger partial charge in [-0.1, -0.05) is 19.9 Å². The van der Waals surface area contributed by atoms with E-state index in [0.29, 0.717) is 24.3 Å². The number of rotatable bonds is 7. The smallest absolute Gasteiger partial charge is 0.339 e. The molecule has 0 heterocycles. The number of carbonyl (C=O) groups is 2. The normalized spacial score (nSPS) is 11.8. The van der Waals surface area contributed by atoms with Crippen LogP contribution in [0, 0.1) is 23.4 Å². The minimum atomic E-state index is -1.71. The second kappa shape index (κ2) is 9.25. The van der Waals surface area contributed by atoms with Gasteiger partial charge >= 0.3 is 5.97 Å². The van der Waals surface area contributed by atoms with E-state index in [1.54, 1.807) is 12.1 Å². The van der Waals surface area contributed by atoms with Crippen molar-refractivity contribution in [3.05, 3.63) is 59.4 Å². The molecule has 2 aromatic carbocycles. The third kappa shape index (κ3) is 5.48. The molecular weight excluding hydrogens is 375 g/mol. The van der Waals surface area contributed by atoms with Crippen LogP contribution in [0.4, 0.5) is 18.9 Å². The van der Waals surface area contributed by atoms with E-state index >= 15 is 0 Å². The summed E-state index contributed by atoms with van der Waals surface area (Å²) in [7, 11) is 0. The number of ether oxygens (including phenoxy) is 2. The average Bonchev–Trinajstić information content (AvgIpc) is 2.66. The molecule has 0 saturated heterocycles. The highest BCUT2D eigenvalue weighted by atomic mass is 19.2. The van der Waals surface area contributed by atoms with E-state index in [-0.39, 0.29) is 5.56 Å². The third-order valence-corrected chi connectivity index (χ3v) is 3.60. The van der Waals surface area contributed by atoms with E-state index in [0.717, 1.165) is 6.07 Å². The molecule has 0 aliphatic heterocycles. The van der Waals surface area contributed by atoms with Crippen LogP contribution in [0.3, 0.4) is 0 Å². The molecule has 5 nitrogen and oxygen atoms in total. The first-order chi connectivity index (χ1) is 13.2. The third-order valence-electron chi connectivity index (χ3n) is 3.60. The fraction of sp³-hybridized carbons (Fsp3) is 0.300. The highest BCUT2D eigenvalue weighted by Gasteiger charge is 2.22. The molecule has 8 heteroatoms. The fourth-order valence-corrected chi connectivity index (χ4v) is 2.11. The first-order valence-electron chi connectivity index (χ1n) is 8.57. The molecule has 0 bridgehead atoms. The Morgan fingerprint density at radius 3 is 2.43 bits per heavy atom. The molecule has 0 aromatic heterocycles. The molecule has 0 fully saturated rings. The van der Waals surface area contributed by atoms with Crippen LogP contribution in [0.1, 0.15) is 31.1 Å². The Morgan fingerprint density at radius 2 is 1.75 bits per heavy atom. The monoisotopic (exact) mass is 395 g/mol. The Morgan fingerprint density at radius 1 is 1.04 bits per heavy atom. The Balaban J connectivity index is 2.01. The number of halogens is 3. The summed E-state index contributed by atoms with van der Waals surface area (Å²) < 4.78 is 50.4. The summed E-state index contributed by atoms with van der Waals surface area (Å²) in [6, 6.07) is 7.80. The van der Waals surface area contributed by atoms with Crippen LogP contribution >= 0.6 is 0 Å². The highest BCUT2D eigenvalue weighted by Crippen LogP contribution is 2.20. The molecule has 0 aliphatic rings. The van der Waals surface area contributed by atoms with Gasteiger partial charge in [0.1, 0.15) is 5.75 Å². The van der Waals surface area contributed by atoms with Crippen LogP contribution < -0.4 is 10.1 Å². The quantitative estimate of drug-likeness (QED) is 0.560. The summed E-state index contributed by atoms with van der Waals surface area (Å²) in [5, 5.41) is 2.06. The lowest BCUT2D eigenvalue weighted by Crippen LogP contribution is -2.30. The molecule has 1 N–H and O–H groups in total. The van der Waals surface area contributed by atoms with Crippen LogP contribution in [0.15, 0.2) is 36.4 Å². The van der Waals surface area contributed by atoms with E-state index in [2.05, 4.69) is 5.32 Å². The molecule has 0 aliphatic carbocycles. The van der Waals surface area contributed by atoms with Crippen molar-refractivity contribution < 1.29 is 32.2 Å². The number of nitrogens with one attached hydrogen (secondary N) is 1. The van der Waals surface area contributed by atoms with E-state index in [1.165, 1.54) is 19.1 Å². The molecule has 28 heavy (non-hydrogen) atoms. The zero-order chi connectivity index (χ0) is 20.8. The van der Waals surface area contributed by atoms with Gasteiger partial charge in [-0.15, -0.1) is 0 Å². The van der Waals surface area contributed by atoms with Crippen molar-refractivity contribution in [2.24, 2.45) is 5.92 Å². The summed E-state index contributed by atoms with van der Waals surface area (Å²) in [5.74, 6) is -5.54. The number of amides is 1. The van der Waals surface area contributed by atoms with Crippen molar-refractivity contribution in [3.63, 3.8) is 0 Å². The van der Waals surface area contributed by atoms with Crippen molar-refractivity contribution in [1.29, 1.82) is 0 Å². The lowest BCUT2D eigenvalue weighted by Gasteiger charge is -2.15. The maximum atomic E-state index is 13.6. The van der Waals surface area contributed by atoms with Crippen LogP contribution in [-0.2, 0) is 9.53 Å². The molecule has 150 valence electrons. The van der Waals surface area contributed by atoms with Gasteiger partial charge in [0.2, 0.25) is 0 Å². The van der Waals surface area contributed by atoms with Crippen LogP contribution in [0.5, 0.6) is 5.75 Å². The summed E-state index contributed by atoms with van der Waals surface area (Å²) in [6.45, 7) is 5.70. The first-order valence-corrected chi connectivity index (χ1v) is 8.57. The maximum absolute atomic E-state index is 13.6. The minimum Gasteiger partial charge on any atom is -0.493 e. The maximum Gasteiger partial charge on any atom is 0.339 e. The minimum absolute atomic E-state index is 0.167. The van der Waals surface area contributed by atoms with Gasteiger partial charge in [-0.05, 0) is 43.2 Å². The molecule has 0 spiro atoms. The van der Waals surface area contributed by atoms with Gasteiger partial charge in [-0.3, -0.25) is 4.79 Å². The standard InChI is InChI=1S/C20H20F3NO4/c1-11(2)10-27-14-6-4-5-13(9-14)20(26)28-12(3)19(25)24-16-8-7-15(21)17(22)18(16)23/h4-9,11-12H,10H2,1-3H3,(H,24,25)/t12-/m0/s1. The van der Waals surface area contributed by atoms with Gasteiger partial charge in [0.05, 0.1) is 17.9 Å². The first kappa shape index (κ1) is 21.3. The van der Waals surface area contributed by atoms with Crippen molar-refractivity contribution in [1.82, 2.24) is 0 Å². The van der Waals surface area contributed by atoms with Crippen LogP contribution in [0.2, 0.25) is 0 Å². The zero-order valence-corrected chi connectivity index (χ0v) is 15.6. The number of hydrogen-bond donors (Lipinski definition) is 1. The number of benzene rings is 2. The fourth-order valence-electron chi connectivity index (χ4n) is 2.11. The van der Waals surface area contributed by atoms with E-state index in [1.807, 2.05) is 13.8 Å². The SMILES string of the molecule is CC(C)COc1cccc(C(=O)O[C@@H](C)C(=O)Nc2ccc(F)c(F)c2F)c1. The number of carbonyl (C=O) groups excluding carboxylic acids is 2. The predicted octanol–water partition coefficient (Wildman–Crippen LogP) is 4.32. The Labute approximate surface area is 160 Å². The molecular formula is C20H20F3NO4. The van der Waals surface area contributed by atoms with Crippen molar-refractivity contribution in [3.8, 4) is 5.75 Å². The van der Waals surface area contributed by atoms with Gasteiger partial charge in [0, 0.05) is 0 Å². The Kier molecular flexibility index (Phi) is 7.03. The second-order valence-electron chi connectivity index (χ2n) is 6.49. The molecule has 0 saturated carbocycles. The second-order valence-corrected chi connectivity index (χ2v) is 6.49. The Bertz CT molecular complexity index is 871. The summed E-state index contributed by atoms with van der Waals surface area (Å²) >= 11 is 0. The molecule has 0 unspecified atom stereocenters. The van der Waals surface area contributed by atoms with Crippen molar-refractivity contribution in [2.75, 3.05) is 11.9 Å². The highest BCUT2D eigenvalue weighted by molar-refractivity contribution is 5.97. The van der Waals surface area contributed by atoms with Crippen LogP contribution in [0.25, 0.3) is 0 Å². The van der Waals surface area contributed by atoms with Crippen LogP contribution in [-0.4, -0.2) is 24.6 Å². The molecule has 1 amide bonds. The van der Waals surface area contributed by atoms with E-state index < -0.39 is 41.1 Å². The van der Waals surface area contributed by atoms with Gasteiger partial charge in [-0.2, -0.15) is 0 Å². The summed E-state index contributed by atoms with van der Waals surface area (Å²) in [4.78, 5) is 24.3. The summed E-state index contributed by atoms with van der Waals surface area (Å²) in [6.07, 6.45) is -1.31. The summed E-state index contributed by atoms with van der Waals surface area (Å²) in [5.41, 5.74) is -0.393. The topological polar surface area (TPSA) is 64.6 Å². The van der Waals surface area contributed by atoms with Crippen molar-refractivity contribution in [2.45, 2.75) is 26.9 Å². The predicted molar refractivity (Wildman–Crippen MR) is 96.6 cm³/mol.